The van der Waals surface area contributed by atoms with Crippen molar-refractivity contribution in [3.8, 4) is 0 Å². The van der Waals surface area contributed by atoms with Crippen LogP contribution in [0.3, 0.4) is 0 Å². The van der Waals surface area contributed by atoms with Gasteiger partial charge in [0.25, 0.3) is 0 Å². The van der Waals surface area contributed by atoms with E-state index in [0.29, 0.717) is 6.04 Å². The molecule has 0 radical (unpaired) electrons. The lowest BCUT2D eigenvalue weighted by atomic mass is 10.2. The zero-order valence-corrected chi connectivity index (χ0v) is 10.2. The zero-order chi connectivity index (χ0) is 11.5. The maximum atomic E-state index is 4.49. The fourth-order valence-electron chi connectivity index (χ4n) is 1.80. The van der Waals surface area contributed by atoms with E-state index in [4.69, 9.17) is 0 Å². The molecule has 0 saturated heterocycles. The van der Waals surface area contributed by atoms with Gasteiger partial charge in [-0.2, -0.15) is 0 Å². The number of aryl methyl sites for hydroxylation is 1. The van der Waals surface area contributed by atoms with Crippen LogP contribution in [-0.2, 0) is 6.42 Å². The van der Waals surface area contributed by atoms with Crippen LogP contribution in [0, 0.1) is 5.92 Å². The monoisotopic (exact) mass is 220 g/mol. The summed E-state index contributed by atoms with van der Waals surface area (Å²) >= 11 is 0. The molecule has 4 nitrogen and oxygen atoms in total. The first-order chi connectivity index (χ1) is 7.72. The molecule has 1 fully saturated rings. The Morgan fingerprint density at radius 3 is 2.62 bits per heavy atom. The lowest BCUT2D eigenvalue weighted by Gasteiger charge is -2.14. The first-order valence-corrected chi connectivity index (χ1v) is 6.05. The van der Waals surface area contributed by atoms with Crippen LogP contribution in [0.4, 0.5) is 11.6 Å². The quantitative estimate of drug-likeness (QED) is 0.799. The second-order valence-corrected chi connectivity index (χ2v) is 4.43. The molecule has 1 aromatic heterocycles. The summed E-state index contributed by atoms with van der Waals surface area (Å²) in [6, 6.07) is 2.49. The predicted molar refractivity (Wildman–Crippen MR) is 66.8 cm³/mol. The molecule has 2 N–H and O–H groups in total. The number of anilines is 2. The minimum absolute atomic E-state index is 0.518. The van der Waals surface area contributed by atoms with Crippen molar-refractivity contribution in [2.45, 2.75) is 39.2 Å². The Hall–Kier alpha value is -1.32. The average Bonchev–Trinajstić information content (AvgIpc) is 3.12. The van der Waals surface area contributed by atoms with Crippen molar-refractivity contribution in [1.29, 1.82) is 0 Å². The average molecular weight is 220 g/mol. The second-order valence-electron chi connectivity index (χ2n) is 4.43. The van der Waals surface area contributed by atoms with Crippen LogP contribution in [0.15, 0.2) is 6.07 Å². The van der Waals surface area contributed by atoms with Crippen molar-refractivity contribution in [2.24, 2.45) is 5.92 Å². The Kier molecular flexibility index (Phi) is 3.27. The first-order valence-electron chi connectivity index (χ1n) is 6.05. The van der Waals surface area contributed by atoms with Crippen molar-refractivity contribution in [2.75, 3.05) is 17.7 Å². The number of hydrogen-bond acceptors (Lipinski definition) is 4. The minimum Gasteiger partial charge on any atom is -0.373 e. The molecule has 0 amide bonds. The van der Waals surface area contributed by atoms with E-state index in [2.05, 4.69) is 34.4 Å². The van der Waals surface area contributed by atoms with Gasteiger partial charge in [0.05, 0.1) is 0 Å². The van der Waals surface area contributed by atoms with E-state index in [0.717, 1.165) is 29.8 Å². The molecule has 1 unspecified atom stereocenters. The molecule has 4 heteroatoms. The van der Waals surface area contributed by atoms with Gasteiger partial charge in [-0.05, 0) is 25.7 Å². The summed E-state index contributed by atoms with van der Waals surface area (Å²) in [5.74, 6) is 3.54. The molecule has 88 valence electrons. The van der Waals surface area contributed by atoms with E-state index in [9.17, 15) is 0 Å². The van der Waals surface area contributed by atoms with Crippen molar-refractivity contribution in [3.05, 3.63) is 11.9 Å². The molecule has 1 aliphatic rings. The Bertz CT molecular complexity index is 338. The fraction of sp³-hybridized carbons (Fsp3) is 0.667. The van der Waals surface area contributed by atoms with Gasteiger partial charge in [-0.15, -0.1) is 0 Å². The lowest BCUT2D eigenvalue weighted by Crippen LogP contribution is -2.19. The van der Waals surface area contributed by atoms with Crippen LogP contribution in [-0.4, -0.2) is 23.1 Å². The topological polar surface area (TPSA) is 49.8 Å². The van der Waals surface area contributed by atoms with Gasteiger partial charge in [-0.1, -0.05) is 6.92 Å². The molecule has 1 atom stereocenters. The van der Waals surface area contributed by atoms with Crippen molar-refractivity contribution in [3.63, 3.8) is 0 Å². The summed E-state index contributed by atoms with van der Waals surface area (Å²) in [7, 11) is 1.88. The molecule has 1 aliphatic carbocycles. The minimum atomic E-state index is 0.518. The van der Waals surface area contributed by atoms with Gasteiger partial charge in [0, 0.05) is 25.6 Å². The predicted octanol–water partition coefficient (Wildman–Crippen LogP) is 2.29. The molecule has 2 rings (SSSR count). The first kappa shape index (κ1) is 11.2. The molecule has 1 aromatic rings. The highest BCUT2D eigenvalue weighted by Crippen LogP contribution is 2.33. The molecule has 0 aliphatic heterocycles. The Balaban J connectivity index is 2.11. The third kappa shape index (κ3) is 2.62. The van der Waals surface area contributed by atoms with Crippen LogP contribution in [0.2, 0.25) is 0 Å². The summed E-state index contributed by atoms with van der Waals surface area (Å²) in [6.07, 6.45) is 3.56. The molecule has 0 spiro atoms. The number of aromatic nitrogens is 2. The third-order valence-corrected chi connectivity index (χ3v) is 3.05. The number of hydrogen-bond donors (Lipinski definition) is 2. The fourth-order valence-corrected chi connectivity index (χ4v) is 1.80. The highest BCUT2D eigenvalue weighted by molar-refractivity contribution is 5.47. The lowest BCUT2D eigenvalue weighted by molar-refractivity contribution is 0.689. The van der Waals surface area contributed by atoms with E-state index >= 15 is 0 Å². The van der Waals surface area contributed by atoms with Gasteiger partial charge in [-0.25, -0.2) is 9.97 Å². The van der Waals surface area contributed by atoms with Crippen LogP contribution in [0.25, 0.3) is 0 Å². The van der Waals surface area contributed by atoms with Crippen LogP contribution >= 0.6 is 0 Å². The summed E-state index contributed by atoms with van der Waals surface area (Å²) < 4.78 is 0. The smallest absolute Gasteiger partial charge is 0.132 e. The highest BCUT2D eigenvalue weighted by Gasteiger charge is 2.28. The summed E-state index contributed by atoms with van der Waals surface area (Å²) in [5.41, 5.74) is 0. The highest BCUT2D eigenvalue weighted by atomic mass is 15.1. The van der Waals surface area contributed by atoms with Crippen LogP contribution in [0.1, 0.15) is 32.5 Å². The van der Waals surface area contributed by atoms with Gasteiger partial charge >= 0.3 is 0 Å². The number of rotatable bonds is 5. The van der Waals surface area contributed by atoms with Crippen molar-refractivity contribution < 1.29 is 0 Å². The summed E-state index contributed by atoms with van der Waals surface area (Å²) in [6.45, 7) is 4.30. The van der Waals surface area contributed by atoms with E-state index < -0.39 is 0 Å². The molecule has 0 bridgehead atoms. The molecule has 16 heavy (non-hydrogen) atoms. The van der Waals surface area contributed by atoms with Crippen molar-refractivity contribution in [1.82, 2.24) is 9.97 Å². The SMILES string of the molecule is CCc1nc(NC)cc(NC(C)C2CC2)n1. The molecule has 0 aromatic carbocycles. The Morgan fingerprint density at radius 2 is 2.06 bits per heavy atom. The van der Waals surface area contributed by atoms with Gasteiger partial charge in [-0.3, -0.25) is 0 Å². The van der Waals surface area contributed by atoms with Gasteiger partial charge in [0.1, 0.15) is 17.5 Å². The van der Waals surface area contributed by atoms with Crippen molar-refractivity contribution >= 4 is 11.6 Å². The third-order valence-electron chi connectivity index (χ3n) is 3.05. The van der Waals surface area contributed by atoms with Crippen LogP contribution in [0.5, 0.6) is 0 Å². The van der Waals surface area contributed by atoms with Gasteiger partial charge in [0.15, 0.2) is 0 Å². The summed E-state index contributed by atoms with van der Waals surface area (Å²) in [4.78, 5) is 8.86. The summed E-state index contributed by atoms with van der Waals surface area (Å²) in [5, 5.41) is 6.53. The normalized spacial score (nSPS) is 16.9. The number of nitrogens with zero attached hydrogens (tertiary/aromatic N) is 2. The Morgan fingerprint density at radius 1 is 1.38 bits per heavy atom. The molecular formula is C12H20N4. The van der Waals surface area contributed by atoms with E-state index in [-0.39, 0.29) is 0 Å². The van der Waals surface area contributed by atoms with E-state index in [1.807, 2.05) is 13.1 Å². The van der Waals surface area contributed by atoms with E-state index in [1.165, 1.54) is 12.8 Å². The van der Waals surface area contributed by atoms with Crippen LogP contribution < -0.4 is 10.6 Å². The maximum absolute atomic E-state index is 4.49. The largest absolute Gasteiger partial charge is 0.373 e. The standard InChI is InChI=1S/C12H20N4/c1-4-10-15-11(13-3)7-12(16-10)14-8(2)9-5-6-9/h7-9H,4-6H2,1-3H3,(H2,13,14,15,16). The molecule has 1 heterocycles. The van der Waals surface area contributed by atoms with Gasteiger partial charge < -0.3 is 10.6 Å². The molecular weight excluding hydrogens is 200 g/mol. The molecule has 1 saturated carbocycles. The maximum Gasteiger partial charge on any atom is 0.132 e. The van der Waals surface area contributed by atoms with Gasteiger partial charge in [0.2, 0.25) is 0 Å². The number of nitrogens with one attached hydrogen (secondary N) is 2. The zero-order valence-electron chi connectivity index (χ0n) is 10.2. The second kappa shape index (κ2) is 4.68. The van der Waals surface area contributed by atoms with E-state index in [1.54, 1.807) is 0 Å². The Labute approximate surface area is 96.9 Å².